The lowest BCUT2D eigenvalue weighted by Gasteiger charge is -2.27. The first-order valence-corrected chi connectivity index (χ1v) is 8.05. The summed E-state index contributed by atoms with van der Waals surface area (Å²) in [6.07, 6.45) is 6.91. The highest BCUT2D eigenvalue weighted by molar-refractivity contribution is 7.18. The Hall–Kier alpha value is -2.02. The summed E-state index contributed by atoms with van der Waals surface area (Å²) < 4.78 is 5.67. The normalized spacial score (nSPS) is 21.6. The molecule has 0 aromatic carbocycles. The molecule has 1 aromatic rings. The fourth-order valence-corrected chi connectivity index (χ4v) is 3.37. The van der Waals surface area contributed by atoms with E-state index in [1.165, 1.54) is 17.4 Å². The zero-order valence-corrected chi connectivity index (χ0v) is 13.8. The number of nitrogens with one attached hydrogen (secondary N) is 1. The number of carbonyl (C=O) groups excluding carboxylic acids is 2. The summed E-state index contributed by atoms with van der Waals surface area (Å²) in [5, 5.41) is 2.78. The van der Waals surface area contributed by atoms with Crippen LogP contribution in [0.1, 0.15) is 9.67 Å². The molecule has 0 fully saturated rings. The van der Waals surface area contributed by atoms with Gasteiger partial charge in [-0.2, -0.15) is 0 Å². The number of hydrogen-bond donors (Lipinski definition) is 1. The predicted octanol–water partition coefficient (Wildman–Crippen LogP) is 2.76. The van der Waals surface area contributed by atoms with Crippen LogP contribution in [0.5, 0.6) is 0 Å². The Labute approximate surface area is 142 Å². The van der Waals surface area contributed by atoms with Crippen molar-refractivity contribution in [1.82, 2.24) is 5.32 Å². The molecule has 0 saturated carbocycles. The van der Waals surface area contributed by atoms with E-state index < -0.39 is 0 Å². The average Bonchev–Trinajstić information content (AvgIpc) is 2.94. The number of fused-ring (bicyclic) bond motifs is 1. The highest BCUT2D eigenvalue weighted by atomic mass is 35.5. The molecule has 1 aliphatic carbocycles. The second kappa shape index (κ2) is 6.62. The zero-order valence-electron chi connectivity index (χ0n) is 12.2. The van der Waals surface area contributed by atoms with Gasteiger partial charge in [0, 0.05) is 24.8 Å². The summed E-state index contributed by atoms with van der Waals surface area (Å²) in [5.74, 6) is -0.616. The Balaban J connectivity index is 1.85. The lowest BCUT2D eigenvalue weighted by molar-refractivity contribution is -0.116. The van der Waals surface area contributed by atoms with Crippen LogP contribution in [0.25, 0.3) is 0 Å². The summed E-state index contributed by atoms with van der Waals surface area (Å²) >= 11 is 7.01. The van der Waals surface area contributed by atoms with Crippen molar-refractivity contribution in [2.75, 3.05) is 13.7 Å². The SMILES string of the molecule is COCC1=CC(=O)NC2=CC(=NC(=O)c3ccc(Cl)s3)C=CC12. The van der Waals surface area contributed by atoms with E-state index in [1.54, 1.807) is 31.4 Å². The molecule has 7 heteroatoms. The average molecular weight is 349 g/mol. The van der Waals surface area contributed by atoms with Crippen LogP contribution in [-0.4, -0.2) is 31.2 Å². The van der Waals surface area contributed by atoms with Crippen LogP contribution < -0.4 is 5.32 Å². The molecule has 1 unspecified atom stereocenters. The number of rotatable bonds is 3. The number of amides is 2. The van der Waals surface area contributed by atoms with Gasteiger partial charge in [0.1, 0.15) is 0 Å². The van der Waals surface area contributed by atoms with Crippen molar-refractivity contribution < 1.29 is 14.3 Å². The number of carbonyl (C=O) groups is 2. The van der Waals surface area contributed by atoms with Gasteiger partial charge in [-0.1, -0.05) is 17.7 Å². The molecule has 118 valence electrons. The second-order valence-electron chi connectivity index (χ2n) is 5.02. The van der Waals surface area contributed by atoms with Gasteiger partial charge in [-0.15, -0.1) is 11.3 Å². The second-order valence-corrected chi connectivity index (χ2v) is 6.74. The van der Waals surface area contributed by atoms with Gasteiger partial charge in [0.2, 0.25) is 5.91 Å². The minimum Gasteiger partial charge on any atom is -0.380 e. The van der Waals surface area contributed by atoms with Crippen LogP contribution in [0.4, 0.5) is 0 Å². The van der Waals surface area contributed by atoms with E-state index in [1.807, 2.05) is 6.08 Å². The van der Waals surface area contributed by atoms with E-state index in [2.05, 4.69) is 10.3 Å². The van der Waals surface area contributed by atoms with E-state index >= 15 is 0 Å². The molecule has 1 atom stereocenters. The first-order chi connectivity index (χ1) is 11.1. The van der Waals surface area contributed by atoms with Crippen LogP contribution in [0.3, 0.4) is 0 Å². The lowest BCUT2D eigenvalue weighted by Crippen LogP contribution is -2.34. The molecule has 0 spiro atoms. The van der Waals surface area contributed by atoms with Crippen LogP contribution >= 0.6 is 22.9 Å². The predicted molar refractivity (Wildman–Crippen MR) is 89.9 cm³/mol. The molecule has 1 aliphatic heterocycles. The summed E-state index contributed by atoms with van der Waals surface area (Å²) in [5.41, 5.74) is 2.06. The molecule has 2 amide bonds. The summed E-state index contributed by atoms with van der Waals surface area (Å²) in [4.78, 5) is 28.4. The molecule has 1 N–H and O–H groups in total. The molecule has 2 aliphatic rings. The molecule has 23 heavy (non-hydrogen) atoms. The maximum atomic E-state index is 12.1. The number of aliphatic imine (C=N–C) groups is 1. The Bertz CT molecular complexity index is 789. The van der Waals surface area contributed by atoms with Crippen molar-refractivity contribution in [2.24, 2.45) is 10.9 Å². The third-order valence-electron chi connectivity index (χ3n) is 3.41. The quantitative estimate of drug-likeness (QED) is 0.913. The largest absolute Gasteiger partial charge is 0.380 e. The molecular weight excluding hydrogens is 336 g/mol. The Morgan fingerprint density at radius 1 is 1.43 bits per heavy atom. The number of allylic oxidation sites excluding steroid dienone is 3. The van der Waals surface area contributed by atoms with Gasteiger partial charge < -0.3 is 10.1 Å². The maximum Gasteiger partial charge on any atom is 0.287 e. The lowest BCUT2D eigenvalue weighted by atomic mass is 9.88. The van der Waals surface area contributed by atoms with Crippen molar-refractivity contribution in [1.29, 1.82) is 0 Å². The Kier molecular flexibility index (Phi) is 4.56. The monoisotopic (exact) mass is 348 g/mol. The third-order valence-corrected chi connectivity index (χ3v) is 4.63. The van der Waals surface area contributed by atoms with Gasteiger partial charge in [0.25, 0.3) is 5.91 Å². The number of halogens is 1. The number of thiophene rings is 1. The van der Waals surface area contributed by atoms with Gasteiger partial charge >= 0.3 is 0 Å². The number of methoxy groups -OCH3 is 1. The molecule has 3 rings (SSSR count). The van der Waals surface area contributed by atoms with Crippen LogP contribution in [0, 0.1) is 5.92 Å². The number of ether oxygens (including phenoxy) is 1. The Morgan fingerprint density at radius 2 is 2.26 bits per heavy atom. The molecule has 2 heterocycles. The minimum atomic E-state index is -0.355. The van der Waals surface area contributed by atoms with Gasteiger partial charge in [0.15, 0.2) is 0 Å². The number of nitrogens with zero attached hydrogens (tertiary/aromatic N) is 1. The zero-order chi connectivity index (χ0) is 16.4. The van der Waals surface area contributed by atoms with Crippen molar-refractivity contribution >= 4 is 40.5 Å². The van der Waals surface area contributed by atoms with E-state index in [4.69, 9.17) is 16.3 Å². The van der Waals surface area contributed by atoms with Crippen molar-refractivity contribution in [3.8, 4) is 0 Å². The first-order valence-electron chi connectivity index (χ1n) is 6.85. The molecule has 0 radical (unpaired) electrons. The third kappa shape index (κ3) is 3.50. The molecule has 5 nitrogen and oxygen atoms in total. The van der Waals surface area contributed by atoms with Crippen molar-refractivity contribution in [2.45, 2.75) is 0 Å². The van der Waals surface area contributed by atoms with Crippen LogP contribution in [0.2, 0.25) is 4.34 Å². The van der Waals surface area contributed by atoms with Crippen molar-refractivity contribution in [3.05, 3.63) is 56.9 Å². The number of hydrogen-bond acceptors (Lipinski definition) is 4. The van der Waals surface area contributed by atoms with Gasteiger partial charge in [0.05, 0.1) is 21.5 Å². The molecule has 1 aromatic heterocycles. The first kappa shape index (κ1) is 15.9. The van der Waals surface area contributed by atoms with E-state index in [0.29, 0.717) is 27.2 Å². The van der Waals surface area contributed by atoms with Crippen molar-refractivity contribution in [3.63, 3.8) is 0 Å². The van der Waals surface area contributed by atoms with Gasteiger partial charge in [-0.25, -0.2) is 4.99 Å². The van der Waals surface area contributed by atoms with E-state index in [0.717, 1.165) is 5.57 Å². The summed E-state index contributed by atoms with van der Waals surface area (Å²) in [6.45, 7) is 0.374. The van der Waals surface area contributed by atoms with E-state index in [-0.39, 0.29) is 17.7 Å². The minimum absolute atomic E-state index is 0.0575. The maximum absolute atomic E-state index is 12.1. The van der Waals surface area contributed by atoms with Crippen LogP contribution in [-0.2, 0) is 9.53 Å². The highest BCUT2D eigenvalue weighted by Gasteiger charge is 2.26. The molecule has 0 saturated heterocycles. The van der Waals surface area contributed by atoms with E-state index in [9.17, 15) is 9.59 Å². The molecular formula is C16H13ClN2O3S. The highest BCUT2D eigenvalue weighted by Crippen LogP contribution is 2.27. The topological polar surface area (TPSA) is 67.8 Å². The summed E-state index contributed by atoms with van der Waals surface area (Å²) in [7, 11) is 1.58. The fraction of sp³-hybridized carbons (Fsp3) is 0.188. The summed E-state index contributed by atoms with van der Waals surface area (Å²) in [6, 6.07) is 3.30. The standard InChI is InChI=1S/C16H13ClN2O3S/c1-22-8-9-6-15(20)19-12-7-10(2-3-11(9)12)18-16(21)13-4-5-14(17)23-13/h2-7,11H,8H2,1H3,(H,19,20). The van der Waals surface area contributed by atoms with Crippen LogP contribution in [0.15, 0.2) is 52.7 Å². The van der Waals surface area contributed by atoms with Gasteiger partial charge in [-0.3, -0.25) is 9.59 Å². The Morgan fingerprint density at radius 3 is 2.96 bits per heavy atom. The molecule has 0 bridgehead atoms. The smallest absolute Gasteiger partial charge is 0.287 e. The fourth-order valence-electron chi connectivity index (χ4n) is 2.44. The van der Waals surface area contributed by atoms with Gasteiger partial charge in [-0.05, 0) is 29.9 Å².